The number of esters is 1. The smallest absolute Gasteiger partial charge is 0.342 e. The molecule has 1 aromatic carbocycles. The lowest BCUT2D eigenvalue weighted by Gasteiger charge is -2.23. The van der Waals surface area contributed by atoms with Gasteiger partial charge >= 0.3 is 13.5 Å². The van der Waals surface area contributed by atoms with Gasteiger partial charge in [-0.05, 0) is 39.0 Å². The largest absolute Gasteiger partial charge is 0.462 e. The molecule has 1 aromatic rings. The van der Waals surface area contributed by atoms with Gasteiger partial charge in [0.15, 0.2) is 0 Å². The monoisotopic (exact) mass is 427 g/mol. The van der Waals surface area contributed by atoms with Crippen molar-refractivity contribution >= 4 is 41.0 Å². The Hall–Kier alpha value is -0.590. The Morgan fingerprint density at radius 3 is 2.52 bits per heavy atom. The highest BCUT2D eigenvalue weighted by Gasteiger charge is 2.31. The van der Waals surface area contributed by atoms with Crippen LogP contribution in [0.3, 0.4) is 0 Å². The quantitative estimate of drug-likeness (QED) is 0.494. The lowest BCUT2D eigenvalue weighted by molar-refractivity contribution is -0.149. The Bertz CT molecular complexity index is 578. The summed E-state index contributed by atoms with van der Waals surface area (Å²) in [6.07, 6.45) is -0.477. The van der Waals surface area contributed by atoms with Crippen molar-refractivity contribution in [2.75, 3.05) is 13.5 Å². The van der Waals surface area contributed by atoms with E-state index < -0.39 is 19.5 Å². The second-order valence-electron chi connectivity index (χ2n) is 5.12. The molecule has 1 N–H and O–H groups in total. The van der Waals surface area contributed by atoms with E-state index in [1.807, 2.05) is 0 Å². The first kappa shape index (κ1) is 20.5. The molecule has 0 radical (unpaired) electrons. The van der Waals surface area contributed by atoms with Crippen molar-refractivity contribution in [3.63, 3.8) is 0 Å². The van der Waals surface area contributed by atoms with Gasteiger partial charge in [0.05, 0.1) is 6.10 Å². The van der Waals surface area contributed by atoms with Crippen LogP contribution in [0.25, 0.3) is 0 Å². The molecule has 0 saturated carbocycles. The minimum absolute atomic E-state index is 0.212. The molecule has 0 amide bonds. The van der Waals surface area contributed by atoms with Gasteiger partial charge in [-0.1, -0.05) is 27.5 Å². The molecule has 0 bridgehead atoms. The van der Waals surface area contributed by atoms with Gasteiger partial charge < -0.3 is 14.0 Å². The maximum atomic E-state index is 12.9. The summed E-state index contributed by atoms with van der Waals surface area (Å²) < 4.78 is 29.1. The minimum atomic E-state index is -3.49. The topological polar surface area (TPSA) is 73.9 Å². The summed E-state index contributed by atoms with van der Waals surface area (Å²) in [5.41, 5.74) is 0. The van der Waals surface area contributed by atoms with E-state index in [2.05, 4.69) is 21.0 Å². The third-order valence-corrected chi connectivity index (χ3v) is 5.04. The average molecular weight is 429 g/mol. The van der Waals surface area contributed by atoms with Crippen molar-refractivity contribution in [1.29, 1.82) is 0 Å². The zero-order valence-corrected chi connectivity index (χ0v) is 16.6. The van der Waals surface area contributed by atoms with E-state index in [4.69, 9.17) is 25.6 Å². The van der Waals surface area contributed by atoms with Gasteiger partial charge in [0.2, 0.25) is 0 Å². The number of methoxy groups -OCH3 is 1. The molecule has 0 aliphatic rings. The Balaban J connectivity index is 2.89. The normalized spacial score (nSPS) is 15.1. The molecule has 0 saturated heterocycles. The molecule has 0 aliphatic heterocycles. The first-order valence-corrected chi connectivity index (χ1v) is 9.85. The number of halogens is 2. The Morgan fingerprint density at radius 2 is 2.00 bits per heavy atom. The maximum absolute atomic E-state index is 12.9. The van der Waals surface area contributed by atoms with Crippen LogP contribution in [-0.2, 0) is 18.8 Å². The van der Waals surface area contributed by atoms with Crippen LogP contribution in [0.5, 0.6) is 5.75 Å². The van der Waals surface area contributed by atoms with E-state index >= 15 is 0 Å². The number of ether oxygens (including phenoxy) is 2. The van der Waals surface area contributed by atoms with Crippen molar-refractivity contribution in [2.45, 2.75) is 32.9 Å². The second kappa shape index (κ2) is 9.04. The SMILES string of the molecule is COCP(=O)(N[C@@H](C)C(=O)OC(C)C)Oc1cc(Cl)cc(Br)c1. The molecule has 130 valence electrons. The van der Waals surface area contributed by atoms with E-state index in [1.54, 1.807) is 32.9 Å². The summed E-state index contributed by atoms with van der Waals surface area (Å²) in [7, 11) is -2.10. The Morgan fingerprint density at radius 1 is 1.35 bits per heavy atom. The third kappa shape index (κ3) is 7.23. The number of carbonyl (C=O) groups excluding carboxylic acids is 1. The van der Waals surface area contributed by atoms with Crippen LogP contribution in [0.15, 0.2) is 22.7 Å². The maximum Gasteiger partial charge on any atom is 0.342 e. The highest BCUT2D eigenvalue weighted by atomic mass is 79.9. The second-order valence-corrected chi connectivity index (χ2v) is 8.52. The summed E-state index contributed by atoms with van der Waals surface area (Å²) in [6, 6.07) is 3.99. The van der Waals surface area contributed by atoms with E-state index in [0.717, 1.165) is 0 Å². The lowest BCUT2D eigenvalue weighted by Crippen LogP contribution is -2.36. The number of carbonyl (C=O) groups is 1. The molecule has 9 heteroatoms. The van der Waals surface area contributed by atoms with Gasteiger partial charge in [-0.25, -0.2) is 5.09 Å². The van der Waals surface area contributed by atoms with E-state index in [-0.39, 0.29) is 12.5 Å². The predicted octanol–water partition coefficient (Wildman–Crippen LogP) is 4.21. The van der Waals surface area contributed by atoms with E-state index in [9.17, 15) is 9.36 Å². The first-order valence-electron chi connectivity index (χ1n) is 6.87. The molecule has 1 unspecified atom stereocenters. The van der Waals surface area contributed by atoms with Crippen LogP contribution < -0.4 is 9.61 Å². The highest BCUT2D eigenvalue weighted by Crippen LogP contribution is 2.44. The molecule has 6 nitrogen and oxygen atoms in total. The zero-order valence-electron chi connectivity index (χ0n) is 13.3. The van der Waals surface area contributed by atoms with E-state index in [1.165, 1.54) is 13.2 Å². The fourth-order valence-electron chi connectivity index (χ4n) is 1.69. The van der Waals surface area contributed by atoms with Crippen LogP contribution >= 0.6 is 35.1 Å². The molecule has 23 heavy (non-hydrogen) atoms. The molecule has 1 rings (SSSR count). The first-order chi connectivity index (χ1) is 10.6. The van der Waals surface area contributed by atoms with Crippen LogP contribution in [0.4, 0.5) is 0 Å². The number of nitrogens with one attached hydrogen (secondary N) is 1. The molecule has 0 spiro atoms. The molecule has 2 atom stereocenters. The third-order valence-electron chi connectivity index (χ3n) is 2.48. The van der Waals surface area contributed by atoms with Crippen LogP contribution in [0, 0.1) is 0 Å². The molecular weight excluding hydrogens is 408 g/mol. The van der Waals surface area contributed by atoms with Gasteiger partial charge in [0, 0.05) is 16.6 Å². The van der Waals surface area contributed by atoms with Crippen LogP contribution in [0.1, 0.15) is 20.8 Å². The molecule has 0 aliphatic carbocycles. The standard InChI is InChI=1S/C14H20BrClNO5P/c1-9(2)21-14(18)10(3)17-23(19,8-20-4)22-13-6-11(15)5-12(16)7-13/h5-7,9-10H,8H2,1-4H3,(H,17,19)/t10-,23?/m0/s1. The van der Waals surface area contributed by atoms with Crippen molar-refractivity contribution in [2.24, 2.45) is 0 Å². The molecular formula is C14H20BrClNO5P. The van der Waals surface area contributed by atoms with Crippen LogP contribution in [-0.4, -0.2) is 31.6 Å². The van der Waals surface area contributed by atoms with Gasteiger partial charge in [0.25, 0.3) is 0 Å². The molecule has 0 fully saturated rings. The van der Waals surface area contributed by atoms with Crippen molar-refractivity contribution in [3.8, 4) is 5.75 Å². The average Bonchev–Trinajstić information content (AvgIpc) is 2.35. The Kier molecular flexibility index (Phi) is 8.04. The predicted molar refractivity (Wildman–Crippen MR) is 93.1 cm³/mol. The van der Waals surface area contributed by atoms with Gasteiger partial charge in [-0.15, -0.1) is 0 Å². The number of hydrogen-bond donors (Lipinski definition) is 1. The van der Waals surface area contributed by atoms with Crippen molar-refractivity contribution < 1.29 is 23.4 Å². The fourth-order valence-corrected chi connectivity index (χ4v) is 4.18. The minimum Gasteiger partial charge on any atom is -0.462 e. The summed E-state index contributed by atoms with van der Waals surface area (Å²) in [5, 5.41) is 3.08. The highest BCUT2D eigenvalue weighted by molar-refractivity contribution is 9.10. The van der Waals surface area contributed by atoms with Gasteiger partial charge in [-0.2, -0.15) is 0 Å². The van der Waals surface area contributed by atoms with Gasteiger partial charge in [-0.3, -0.25) is 9.36 Å². The fraction of sp³-hybridized carbons (Fsp3) is 0.500. The van der Waals surface area contributed by atoms with Crippen LogP contribution in [0.2, 0.25) is 5.02 Å². The van der Waals surface area contributed by atoms with E-state index in [0.29, 0.717) is 15.2 Å². The zero-order chi connectivity index (χ0) is 17.6. The number of hydrogen-bond acceptors (Lipinski definition) is 5. The van der Waals surface area contributed by atoms with Crippen molar-refractivity contribution in [1.82, 2.24) is 5.09 Å². The van der Waals surface area contributed by atoms with Crippen molar-refractivity contribution in [3.05, 3.63) is 27.7 Å². The summed E-state index contributed by atoms with van der Waals surface area (Å²) >= 11 is 9.22. The molecule has 0 aromatic heterocycles. The number of rotatable bonds is 8. The Labute approximate surface area is 149 Å². The summed E-state index contributed by atoms with van der Waals surface area (Å²) in [4.78, 5) is 11.9. The summed E-state index contributed by atoms with van der Waals surface area (Å²) in [5.74, 6) is -0.228. The summed E-state index contributed by atoms with van der Waals surface area (Å²) in [6.45, 7) is 5.02. The van der Waals surface area contributed by atoms with Gasteiger partial charge in [0.1, 0.15) is 18.1 Å². The number of benzene rings is 1. The lowest BCUT2D eigenvalue weighted by atomic mass is 10.3. The molecule has 0 heterocycles.